The molecule has 1 N–H and O–H groups in total. The van der Waals surface area contributed by atoms with E-state index in [4.69, 9.17) is 4.74 Å². The predicted molar refractivity (Wildman–Crippen MR) is 71.0 cm³/mol. The van der Waals surface area contributed by atoms with Gasteiger partial charge in [0.2, 0.25) is 10.0 Å². The topological polar surface area (TPSA) is 58.6 Å². The highest BCUT2D eigenvalue weighted by atomic mass is 32.2. The normalized spacial score (nSPS) is 17.6. The van der Waals surface area contributed by atoms with Gasteiger partial charge in [0.25, 0.3) is 0 Å². The molecule has 1 saturated heterocycles. The van der Waals surface area contributed by atoms with Crippen LogP contribution in [0.25, 0.3) is 0 Å². The van der Waals surface area contributed by atoms with E-state index in [9.17, 15) is 8.42 Å². The summed E-state index contributed by atoms with van der Waals surface area (Å²) in [7, 11) is -3.19. The van der Waals surface area contributed by atoms with Crippen LogP contribution < -0.4 is 4.72 Å². The minimum absolute atomic E-state index is 0.600. The van der Waals surface area contributed by atoms with Gasteiger partial charge in [0.15, 0.2) is 0 Å². The second kappa shape index (κ2) is 5.69. The van der Waals surface area contributed by atoms with Crippen LogP contribution in [0.3, 0.4) is 0 Å². The summed E-state index contributed by atoms with van der Waals surface area (Å²) in [5.41, 5.74) is 1.78. The van der Waals surface area contributed by atoms with E-state index in [0.717, 1.165) is 39.1 Å². The van der Waals surface area contributed by atoms with Gasteiger partial charge >= 0.3 is 0 Å². The molecule has 0 spiro atoms. The molecule has 1 fully saturated rings. The Morgan fingerprint density at radius 1 is 1.22 bits per heavy atom. The SMILES string of the molecule is CS(=O)(=O)Nc1ccc(CN2CCOCC2)cc1. The Balaban J connectivity index is 1.94. The maximum atomic E-state index is 11.1. The summed E-state index contributed by atoms with van der Waals surface area (Å²) in [6.07, 6.45) is 1.15. The molecule has 18 heavy (non-hydrogen) atoms. The smallest absolute Gasteiger partial charge is 0.229 e. The molecular formula is C12H18N2O3S. The van der Waals surface area contributed by atoms with Gasteiger partial charge in [0.05, 0.1) is 19.5 Å². The summed E-state index contributed by atoms with van der Waals surface area (Å²) >= 11 is 0. The summed E-state index contributed by atoms with van der Waals surface area (Å²) < 4.78 is 29.9. The maximum Gasteiger partial charge on any atom is 0.229 e. The molecule has 1 aliphatic heterocycles. The van der Waals surface area contributed by atoms with E-state index < -0.39 is 10.0 Å². The van der Waals surface area contributed by atoms with Gasteiger partial charge in [-0.25, -0.2) is 8.42 Å². The van der Waals surface area contributed by atoms with E-state index in [1.165, 1.54) is 5.56 Å². The molecule has 2 rings (SSSR count). The van der Waals surface area contributed by atoms with Gasteiger partial charge in [-0.15, -0.1) is 0 Å². The molecule has 0 amide bonds. The van der Waals surface area contributed by atoms with Crippen molar-refractivity contribution in [2.45, 2.75) is 6.54 Å². The lowest BCUT2D eigenvalue weighted by Gasteiger charge is -2.26. The molecule has 100 valence electrons. The minimum atomic E-state index is -3.19. The molecule has 1 aromatic carbocycles. The second-order valence-corrected chi connectivity index (χ2v) is 6.21. The number of nitrogens with one attached hydrogen (secondary N) is 1. The van der Waals surface area contributed by atoms with Crippen LogP contribution in [0.15, 0.2) is 24.3 Å². The summed E-state index contributed by atoms with van der Waals surface area (Å²) in [6, 6.07) is 7.47. The van der Waals surface area contributed by atoms with E-state index in [0.29, 0.717) is 5.69 Å². The Labute approximate surface area is 108 Å². The molecule has 0 aliphatic carbocycles. The number of sulfonamides is 1. The zero-order valence-electron chi connectivity index (χ0n) is 10.4. The first-order chi connectivity index (χ1) is 8.53. The summed E-state index contributed by atoms with van der Waals surface area (Å²) in [5.74, 6) is 0. The number of hydrogen-bond acceptors (Lipinski definition) is 4. The van der Waals surface area contributed by atoms with Gasteiger partial charge < -0.3 is 4.74 Å². The van der Waals surface area contributed by atoms with Crippen molar-refractivity contribution < 1.29 is 13.2 Å². The molecular weight excluding hydrogens is 252 g/mol. The third kappa shape index (κ3) is 4.29. The molecule has 1 heterocycles. The number of benzene rings is 1. The lowest BCUT2D eigenvalue weighted by Crippen LogP contribution is -2.35. The van der Waals surface area contributed by atoms with Crippen LogP contribution in [0.4, 0.5) is 5.69 Å². The average Bonchev–Trinajstić information content (AvgIpc) is 2.31. The molecule has 0 radical (unpaired) electrons. The number of morpholine rings is 1. The van der Waals surface area contributed by atoms with Crippen LogP contribution in [0.1, 0.15) is 5.56 Å². The van der Waals surface area contributed by atoms with Crippen LogP contribution in [0.5, 0.6) is 0 Å². The zero-order valence-corrected chi connectivity index (χ0v) is 11.2. The highest BCUT2D eigenvalue weighted by Crippen LogP contribution is 2.13. The van der Waals surface area contributed by atoms with Crippen molar-refractivity contribution in [2.75, 3.05) is 37.3 Å². The zero-order chi connectivity index (χ0) is 13.0. The van der Waals surface area contributed by atoms with E-state index in [1.54, 1.807) is 12.1 Å². The number of hydrogen-bond donors (Lipinski definition) is 1. The molecule has 1 aliphatic rings. The van der Waals surface area contributed by atoms with Crippen LogP contribution in [0.2, 0.25) is 0 Å². The summed E-state index contributed by atoms with van der Waals surface area (Å²) in [4.78, 5) is 2.32. The van der Waals surface area contributed by atoms with Crippen LogP contribution in [-0.2, 0) is 21.3 Å². The first kappa shape index (κ1) is 13.3. The molecule has 0 aromatic heterocycles. The molecule has 1 aromatic rings. The quantitative estimate of drug-likeness (QED) is 0.883. The van der Waals surface area contributed by atoms with Gasteiger partial charge in [0, 0.05) is 25.3 Å². The second-order valence-electron chi connectivity index (χ2n) is 4.46. The fraction of sp³-hybridized carbons (Fsp3) is 0.500. The Hall–Kier alpha value is -1.11. The molecule has 6 heteroatoms. The molecule has 0 atom stereocenters. The molecule has 5 nitrogen and oxygen atoms in total. The maximum absolute atomic E-state index is 11.1. The number of rotatable bonds is 4. The van der Waals surface area contributed by atoms with Crippen molar-refractivity contribution in [1.82, 2.24) is 4.90 Å². The van der Waals surface area contributed by atoms with Crippen molar-refractivity contribution in [1.29, 1.82) is 0 Å². The number of ether oxygens (including phenoxy) is 1. The lowest BCUT2D eigenvalue weighted by atomic mass is 10.2. The van der Waals surface area contributed by atoms with E-state index in [2.05, 4.69) is 9.62 Å². The van der Waals surface area contributed by atoms with Crippen molar-refractivity contribution >= 4 is 15.7 Å². The van der Waals surface area contributed by atoms with Crippen LogP contribution >= 0.6 is 0 Å². The Bertz CT molecular complexity index is 479. The van der Waals surface area contributed by atoms with Crippen molar-refractivity contribution in [3.8, 4) is 0 Å². The standard InChI is InChI=1S/C12H18N2O3S/c1-18(15,16)13-12-4-2-11(3-5-12)10-14-6-8-17-9-7-14/h2-5,13H,6-10H2,1H3. The van der Waals surface area contributed by atoms with Gasteiger partial charge in [0.1, 0.15) is 0 Å². The third-order valence-electron chi connectivity index (χ3n) is 2.77. The van der Waals surface area contributed by atoms with Gasteiger partial charge in [-0.1, -0.05) is 12.1 Å². The van der Waals surface area contributed by atoms with Gasteiger partial charge in [-0.05, 0) is 17.7 Å². The minimum Gasteiger partial charge on any atom is -0.379 e. The molecule has 0 unspecified atom stereocenters. The Morgan fingerprint density at radius 3 is 2.39 bits per heavy atom. The van der Waals surface area contributed by atoms with Crippen molar-refractivity contribution in [3.63, 3.8) is 0 Å². The van der Waals surface area contributed by atoms with Gasteiger partial charge in [-0.3, -0.25) is 9.62 Å². The van der Waals surface area contributed by atoms with Crippen LogP contribution in [-0.4, -0.2) is 45.9 Å². The van der Waals surface area contributed by atoms with Crippen molar-refractivity contribution in [3.05, 3.63) is 29.8 Å². The fourth-order valence-corrected chi connectivity index (χ4v) is 2.47. The highest BCUT2D eigenvalue weighted by Gasteiger charge is 2.10. The first-order valence-electron chi connectivity index (χ1n) is 5.90. The Morgan fingerprint density at radius 2 is 1.83 bits per heavy atom. The highest BCUT2D eigenvalue weighted by molar-refractivity contribution is 7.92. The first-order valence-corrected chi connectivity index (χ1v) is 7.79. The largest absolute Gasteiger partial charge is 0.379 e. The van der Waals surface area contributed by atoms with Crippen molar-refractivity contribution in [2.24, 2.45) is 0 Å². The summed E-state index contributed by atoms with van der Waals surface area (Å²) in [5, 5.41) is 0. The van der Waals surface area contributed by atoms with Crippen LogP contribution in [0, 0.1) is 0 Å². The number of nitrogens with zero attached hydrogens (tertiary/aromatic N) is 1. The third-order valence-corrected chi connectivity index (χ3v) is 3.37. The monoisotopic (exact) mass is 270 g/mol. The number of anilines is 1. The predicted octanol–water partition coefficient (Wildman–Crippen LogP) is 0.890. The van der Waals surface area contributed by atoms with E-state index >= 15 is 0 Å². The summed E-state index contributed by atoms with van der Waals surface area (Å²) in [6.45, 7) is 4.34. The molecule has 0 bridgehead atoms. The molecule has 0 saturated carbocycles. The fourth-order valence-electron chi connectivity index (χ4n) is 1.91. The average molecular weight is 270 g/mol. The lowest BCUT2D eigenvalue weighted by molar-refractivity contribution is 0.0342. The van der Waals surface area contributed by atoms with Gasteiger partial charge in [-0.2, -0.15) is 0 Å². The van der Waals surface area contributed by atoms with E-state index in [1.807, 2.05) is 12.1 Å². The van der Waals surface area contributed by atoms with E-state index in [-0.39, 0.29) is 0 Å². The Kier molecular flexibility index (Phi) is 4.21.